The fraction of sp³-hybridized carbons (Fsp3) is 0.250. The van der Waals surface area contributed by atoms with E-state index in [-0.39, 0.29) is 12.0 Å². The zero-order valence-electron chi connectivity index (χ0n) is 17.0. The van der Waals surface area contributed by atoms with Gasteiger partial charge in [0.2, 0.25) is 0 Å². The number of fused-ring (bicyclic) bond motifs is 1. The molecule has 1 amide bonds. The van der Waals surface area contributed by atoms with Crippen molar-refractivity contribution in [2.45, 2.75) is 33.3 Å². The summed E-state index contributed by atoms with van der Waals surface area (Å²) < 4.78 is 11.5. The van der Waals surface area contributed by atoms with Crippen LogP contribution in [0.1, 0.15) is 43.1 Å². The maximum atomic E-state index is 12.4. The molecule has 0 spiro atoms. The lowest BCUT2D eigenvalue weighted by atomic mass is 10.0. The van der Waals surface area contributed by atoms with E-state index in [1.54, 1.807) is 30.5 Å². The second kappa shape index (κ2) is 9.73. The van der Waals surface area contributed by atoms with E-state index < -0.39 is 0 Å². The van der Waals surface area contributed by atoms with E-state index in [0.29, 0.717) is 12.2 Å². The lowest BCUT2D eigenvalue weighted by molar-refractivity contribution is 0.0955. The van der Waals surface area contributed by atoms with Crippen molar-refractivity contribution < 1.29 is 14.3 Å². The van der Waals surface area contributed by atoms with E-state index in [1.165, 1.54) is 0 Å². The molecule has 0 heterocycles. The molecule has 0 saturated heterocycles. The van der Waals surface area contributed by atoms with E-state index in [1.807, 2.05) is 57.2 Å². The van der Waals surface area contributed by atoms with Gasteiger partial charge in [-0.2, -0.15) is 5.10 Å². The van der Waals surface area contributed by atoms with Gasteiger partial charge in [-0.25, -0.2) is 5.43 Å². The number of hydrazone groups is 1. The smallest absolute Gasteiger partial charge is 0.271 e. The highest BCUT2D eigenvalue weighted by atomic mass is 16.5. The van der Waals surface area contributed by atoms with Crippen LogP contribution in [-0.4, -0.2) is 24.8 Å². The molecule has 0 fully saturated rings. The molecule has 0 aliphatic rings. The fourth-order valence-corrected chi connectivity index (χ4v) is 2.91. The Morgan fingerprint density at radius 2 is 1.83 bits per heavy atom. The van der Waals surface area contributed by atoms with Crippen molar-refractivity contribution >= 4 is 22.9 Å². The average molecular weight is 390 g/mol. The number of carbonyl (C=O) groups excluding carboxylic acids is 1. The second-order valence-corrected chi connectivity index (χ2v) is 6.94. The van der Waals surface area contributed by atoms with Gasteiger partial charge in [-0.3, -0.25) is 4.79 Å². The number of amides is 1. The van der Waals surface area contributed by atoms with Gasteiger partial charge < -0.3 is 9.47 Å². The zero-order valence-corrected chi connectivity index (χ0v) is 17.0. The van der Waals surface area contributed by atoms with Crippen LogP contribution in [0.3, 0.4) is 0 Å². The third-order valence-electron chi connectivity index (χ3n) is 4.24. The number of nitrogens with zero attached hydrogens (tertiary/aromatic N) is 1. The van der Waals surface area contributed by atoms with Crippen molar-refractivity contribution in [1.82, 2.24) is 5.43 Å². The number of hydrogen-bond donors (Lipinski definition) is 1. The second-order valence-electron chi connectivity index (χ2n) is 6.94. The summed E-state index contributed by atoms with van der Waals surface area (Å²) in [6.45, 7) is 6.66. The Hall–Kier alpha value is -3.34. The van der Waals surface area contributed by atoms with Crippen molar-refractivity contribution in [2.75, 3.05) is 6.61 Å². The van der Waals surface area contributed by atoms with Crippen LogP contribution in [0.2, 0.25) is 0 Å². The molecule has 0 aliphatic heterocycles. The van der Waals surface area contributed by atoms with Crippen molar-refractivity contribution in [3.8, 4) is 11.5 Å². The number of hydrogen-bond acceptors (Lipinski definition) is 4. The molecule has 0 atom stereocenters. The molecule has 150 valence electrons. The van der Waals surface area contributed by atoms with Crippen molar-refractivity contribution in [3.05, 3.63) is 71.8 Å². The van der Waals surface area contributed by atoms with Gasteiger partial charge in [0.1, 0.15) is 11.5 Å². The molecule has 0 aromatic heterocycles. The highest BCUT2D eigenvalue weighted by Crippen LogP contribution is 2.27. The standard InChI is InChI=1S/C24H26N2O3/c1-4-15-28-20-12-9-19(10-13-20)24(27)26-25-16-22-21-8-6-5-7-18(21)11-14-23(22)29-17(2)3/h5-14,16-17H,4,15H2,1-3H3,(H,26,27)/b25-16-. The largest absolute Gasteiger partial charge is 0.494 e. The molecule has 0 radical (unpaired) electrons. The van der Waals surface area contributed by atoms with Gasteiger partial charge in [-0.1, -0.05) is 37.3 Å². The van der Waals surface area contributed by atoms with Gasteiger partial charge in [-0.05, 0) is 61.4 Å². The van der Waals surface area contributed by atoms with Gasteiger partial charge in [0.25, 0.3) is 5.91 Å². The molecule has 3 rings (SSSR count). The van der Waals surface area contributed by atoms with Crippen LogP contribution >= 0.6 is 0 Å². The number of rotatable bonds is 8. The summed E-state index contributed by atoms with van der Waals surface area (Å²) in [5.74, 6) is 1.20. The lowest BCUT2D eigenvalue weighted by Gasteiger charge is -2.14. The normalized spacial score (nSPS) is 11.2. The molecule has 1 N–H and O–H groups in total. The van der Waals surface area contributed by atoms with E-state index in [0.717, 1.165) is 34.3 Å². The summed E-state index contributed by atoms with van der Waals surface area (Å²) in [5.41, 5.74) is 3.94. The van der Waals surface area contributed by atoms with Gasteiger partial charge in [-0.15, -0.1) is 0 Å². The first-order chi connectivity index (χ1) is 14.1. The maximum Gasteiger partial charge on any atom is 0.271 e. The Kier molecular flexibility index (Phi) is 6.85. The van der Waals surface area contributed by atoms with Gasteiger partial charge in [0, 0.05) is 11.1 Å². The molecule has 3 aromatic carbocycles. The van der Waals surface area contributed by atoms with Crippen LogP contribution in [0.25, 0.3) is 10.8 Å². The minimum absolute atomic E-state index is 0.0337. The Morgan fingerprint density at radius 3 is 2.55 bits per heavy atom. The Morgan fingerprint density at radius 1 is 1.07 bits per heavy atom. The van der Waals surface area contributed by atoms with Crippen LogP contribution in [0.4, 0.5) is 0 Å². The first kappa shape index (κ1) is 20.4. The van der Waals surface area contributed by atoms with Gasteiger partial charge in [0.15, 0.2) is 0 Å². The third kappa shape index (κ3) is 5.35. The minimum atomic E-state index is -0.283. The Bertz CT molecular complexity index is 995. The summed E-state index contributed by atoms with van der Waals surface area (Å²) in [5, 5.41) is 6.27. The number of benzene rings is 3. The molecule has 0 bridgehead atoms. The predicted molar refractivity (Wildman–Crippen MR) is 117 cm³/mol. The van der Waals surface area contributed by atoms with Crippen LogP contribution in [0.5, 0.6) is 11.5 Å². The maximum absolute atomic E-state index is 12.4. The summed E-state index contributed by atoms with van der Waals surface area (Å²) >= 11 is 0. The highest BCUT2D eigenvalue weighted by molar-refractivity contribution is 6.03. The number of nitrogens with one attached hydrogen (secondary N) is 1. The van der Waals surface area contributed by atoms with E-state index in [2.05, 4.69) is 10.5 Å². The Balaban J connectivity index is 1.77. The molecule has 29 heavy (non-hydrogen) atoms. The summed E-state index contributed by atoms with van der Waals surface area (Å²) in [6.07, 6.45) is 2.61. The number of carbonyl (C=O) groups is 1. The molecule has 0 aliphatic carbocycles. The summed E-state index contributed by atoms with van der Waals surface area (Å²) in [4.78, 5) is 12.4. The molecule has 0 unspecified atom stereocenters. The van der Waals surface area contributed by atoms with E-state index in [9.17, 15) is 4.79 Å². The monoisotopic (exact) mass is 390 g/mol. The SMILES string of the molecule is CCCOc1ccc(C(=O)N/N=C\c2c(OC(C)C)ccc3ccccc23)cc1. The molecular formula is C24H26N2O3. The van der Waals surface area contributed by atoms with Crippen LogP contribution in [-0.2, 0) is 0 Å². The van der Waals surface area contributed by atoms with Crippen molar-refractivity contribution in [2.24, 2.45) is 5.10 Å². The van der Waals surface area contributed by atoms with Gasteiger partial charge >= 0.3 is 0 Å². The summed E-state index contributed by atoms with van der Waals surface area (Å²) in [6, 6.07) is 19.0. The molecule has 3 aromatic rings. The lowest BCUT2D eigenvalue weighted by Crippen LogP contribution is -2.17. The van der Waals surface area contributed by atoms with Crippen LogP contribution < -0.4 is 14.9 Å². The topological polar surface area (TPSA) is 59.9 Å². The first-order valence-electron chi connectivity index (χ1n) is 9.83. The van der Waals surface area contributed by atoms with Crippen molar-refractivity contribution in [1.29, 1.82) is 0 Å². The van der Waals surface area contributed by atoms with Crippen LogP contribution in [0, 0.1) is 0 Å². The van der Waals surface area contributed by atoms with Crippen LogP contribution in [0.15, 0.2) is 65.8 Å². The quantitative estimate of drug-likeness (QED) is 0.426. The Labute approximate surface area is 171 Å². The van der Waals surface area contributed by atoms with E-state index in [4.69, 9.17) is 9.47 Å². The highest BCUT2D eigenvalue weighted by Gasteiger charge is 2.09. The molecule has 0 saturated carbocycles. The van der Waals surface area contributed by atoms with Gasteiger partial charge in [0.05, 0.1) is 18.9 Å². The zero-order chi connectivity index (χ0) is 20.6. The number of ether oxygens (including phenoxy) is 2. The average Bonchev–Trinajstić information content (AvgIpc) is 2.73. The molecule has 5 nitrogen and oxygen atoms in total. The molecular weight excluding hydrogens is 364 g/mol. The van der Waals surface area contributed by atoms with Crippen molar-refractivity contribution in [3.63, 3.8) is 0 Å². The summed E-state index contributed by atoms with van der Waals surface area (Å²) in [7, 11) is 0. The predicted octanol–water partition coefficient (Wildman–Crippen LogP) is 5.18. The van der Waals surface area contributed by atoms with E-state index >= 15 is 0 Å². The first-order valence-corrected chi connectivity index (χ1v) is 9.83. The fourth-order valence-electron chi connectivity index (χ4n) is 2.91. The molecule has 5 heteroatoms. The third-order valence-corrected chi connectivity index (χ3v) is 4.24. The minimum Gasteiger partial charge on any atom is -0.494 e.